The first kappa shape index (κ1) is 25.4. The lowest BCUT2D eigenvalue weighted by Gasteiger charge is -2.20. The maximum Gasteiger partial charge on any atom is 0.573 e. The molecule has 1 N–H and O–H groups in total. The summed E-state index contributed by atoms with van der Waals surface area (Å²) in [7, 11) is 2.88. The summed E-state index contributed by atoms with van der Waals surface area (Å²) in [6.45, 7) is 5.79. The van der Waals surface area contributed by atoms with Crippen LogP contribution < -0.4 is 19.7 Å². The molecule has 11 heteroatoms. The van der Waals surface area contributed by atoms with Crippen LogP contribution in [0, 0.1) is 17.8 Å². The molecule has 1 fully saturated rings. The van der Waals surface area contributed by atoms with E-state index in [1.165, 1.54) is 26.4 Å². The molecule has 0 spiro atoms. The number of carbonyl (C=O) groups excluding carboxylic acids is 1. The van der Waals surface area contributed by atoms with Gasteiger partial charge in [0.15, 0.2) is 0 Å². The van der Waals surface area contributed by atoms with Gasteiger partial charge in [0, 0.05) is 25.7 Å². The monoisotopic (exact) mass is 482 g/mol. The number of nitrogens with zero attached hydrogens (tertiary/aromatic N) is 3. The Kier molecular flexibility index (Phi) is 8.06. The summed E-state index contributed by atoms with van der Waals surface area (Å²) >= 11 is 0. The molecule has 0 bridgehead atoms. The van der Waals surface area contributed by atoms with E-state index in [0.717, 1.165) is 5.56 Å². The van der Waals surface area contributed by atoms with Crippen LogP contribution in [0.3, 0.4) is 0 Å². The molecular formula is C23H29F3N4O4. The fraction of sp³-hybridized carbons (Fsp3) is 0.522. The van der Waals surface area contributed by atoms with Crippen molar-refractivity contribution >= 4 is 17.6 Å². The lowest BCUT2D eigenvalue weighted by Crippen LogP contribution is -2.27. The number of halogens is 3. The van der Waals surface area contributed by atoms with Crippen molar-refractivity contribution < 1.29 is 32.2 Å². The molecule has 3 rings (SSSR count). The zero-order valence-electron chi connectivity index (χ0n) is 19.6. The Morgan fingerprint density at radius 2 is 1.88 bits per heavy atom. The molecule has 1 aromatic carbocycles. The molecular weight excluding hydrogens is 453 g/mol. The Balaban J connectivity index is 1.66. The number of carbonyl (C=O) groups is 1. The van der Waals surface area contributed by atoms with E-state index in [2.05, 4.69) is 33.9 Å². The van der Waals surface area contributed by atoms with Crippen LogP contribution in [-0.2, 0) is 16.0 Å². The molecule has 2 atom stereocenters. The molecule has 0 aliphatic carbocycles. The highest BCUT2D eigenvalue weighted by molar-refractivity contribution is 5.74. The molecule has 1 aliphatic heterocycles. The van der Waals surface area contributed by atoms with Crippen LogP contribution in [0.4, 0.5) is 24.8 Å². The van der Waals surface area contributed by atoms with E-state index in [1.807, 2.05) is 4.90 Å². The van der Waals surface area contributed by atoms with E-state index in [1.54, 1.807) is 18.2 Å². The third-order valence-electron chi connectivity index (χ3n) is 5.80. The van der Waals surface area contributed by atoms with Gasteiger partial charge in [-0.3, -0.25) is 4.79 Å². The smallest absolute Gasteiger partial charge is 0.469 e. The predicted octanol–water partition coefficient (Wildman–Crippen LogP) is 3.92. The minimum atomic E-state index is -4.71. The van der Waals surface area contributed by atoms with Gasteiger partial charge in [0.05, 0.1) is 20.1 Å². The molecule has 2 heterocycles. The van der Waals surface area contributed by atoms with Crippen LogP contribution in [0.1, 0.15) is 19.4 Å². The van der Waals surface area contributed by atoms with Crippen molar-refractivity contribution in [1.82, 2.24) is 9.97 Å². The van der Waals surface area contributed by atoms with Crippen LogP contribution in [0.25, 0.3) is 0 Å². The van der Waals surface area contributed by atoms with Gasteiger partial charge in [-0.1, -0.05) is 26.0 Å². The van der Waals surface area contributed by atoms with Gasteiger partial charge in [-0.2, -0.15) is 9.97 Å². The number of esters is 1. The van der Waals surface area contributed by atoms with Gasteiger partial charge in [0.25, 0.3) is 0 Å². The molecule has 186 valence electrons. The Morgan fingerprint density at radius 3 is 2.47 bits per heavy atom. The predicted molar refractivity (Wildman–Crippen MR) is 120 cm³/mol. The third kappa shape index (κ3) is 6.64. The molecule has 0 saturated carbocycles. The van der Waals surface area contributed by atoms with Crippen molar-refractivity contribution in [3.8, 4) is 11.8 Å². The molecule has 1 aromatic heterocycles. The average molecular weight is 483 g/mol. The van der Waals surface area contributed by atoms with Crippen molar-refractivity contribution in [2.24, 2.45) is 17.8 Å². The molecule has 0 radical (unpaired) electrons. The van der Waals surface area contributed by atoms with Gasteiger partial charge in [-0.25, -0.2) is 0 Å². The number of nitrogens with one attached hydrogen (secondary N) is 1. The second kappa shape index (κ2) is 10.8. The Bertz CT molecular complexity index is 970. The number of hydrogen-bond acceptors (Lipinski definition) is 8. The summed E-state index contributed by atoms with van der Waals surface area (Å²) in [5.41, 5.74) is 0.837. The molecule has 2 aromatic rings. The first-order valence-corrected chi connectivity index (χ1v) is 10.9. The Hall–Kier alpha value is -3.24. The lowest BCUT2D eigenvalue weighted by atomic mass is 9.86. The number of benzene rings is 1. The van der Waals surface area contributed by atoms with E-state index in [0.29, 0.717) is 43.6 Å². The van der Waals surface area contributed by atoms with Crippen LogP contribution in [0.15, 0.2) is 30.3 Å². The van der Waals surface area contributed by atoms with Gasteiger partial charge >= 0.3 is 18.3 Å². The van der Waals surface area contributed by atoms with E-state index >= 15 is 0 Å². The molecule has 0 amide bonds. The Morgan fingerprint density at radius 1 is 1.18 bits per heavy atom. The largest absolute Gasteiger partial charge is 0.573 e. The lowest BCUT2D eigenvalue weighted by molar-refractivity contribution is -0.274. The van der Waals surface area contributed by atoms with E-state index in [4.69, 9.17) is 9.47 Å². The van der Waals surface area contributed by atoms with E-state index in [-0.39, 0.29) is 29.6 Å². The van der Waals surface area contributed by atoms with Crippen molar-refractivity contribution in [2.45, 2.75) is 26.6 Å². The summed E-state index contributed by atoms with van der Waals surface area (Å²) in [5, 5.41) is 3.20. The number of anilines is 2. The molecule has 8 nitrogen and oxygen atoms in total. The molecule has 2 unspecified atom stereocenters. The van der Waals surface area contributed by atoms with Crippen molar-refractivity contribution in [3.63, 3.8) is 0 Å². The normalized spacial score (nSPS) is 18.2. The summed E-state index contributed by atoms with van der Waals surface area (Å²) in [5.74, 6) is 0.878. The van der Waals surface area contributed by atoms with Gasteiger partial charge in [-0.15, -0.1) is 13.2 Å². The quantitative estimate of drug-likeness (QED) is 0.539. The first-order valence-electron chi connectivity index (χ1n) is 10.9. The summed E-state index contributed by atoms with van der Waals surface area (Å²) in [6.07, 6.45) is -4.16. The highest BCUT2D eigenvalue weighted by atomic mass is 19.4. The fourth-order valence-corrected chi connectivity index (χ4v) is 4.04. The average Bonchev–Trinajstić information content (AvgIpc) is 3.24. The third-order valence-corrected chi connectivity index (χ3v) is 5.80. The zero-order chi connectivity index (χ0) is 24.9. The number of hydrogen-bond donors (Lipinski definition) is 1. The fourth-order valence-electron chi connectivity index (χ4n) is 4.04. The number of rotatable bonds is 9. The highest BCUT2D eigenvalue weighted by Gasteiger charge is 2.40. The second-order valence-electron chi connectivity index (χ2n) is 8.41. The highest BCUT2D eigenvalue weighted by Crippen LogP contribution is 2.34. The van der Waals surface area contributed by atoms with Gasteiger partial charge < -0.3 is 24.4 Å². The Labute approximate surface area is 196 Å². The zero-order valence-corrected chi connectivity index (χ0v) is 19.6. The summed E-state index contributed by atoms with van der Waals surface area (Å²) < 4.78 is 51.0. The van der Waals surface area contributed by atoms with Gasteiger partial charge in [-0.05, 0) is 36.0 Å². The first-order chi connectivity index (χ1) is 16.1. The minimum absolute atomic E-state index is 0.133. The number of alkyl halides is 3. The topological polar surface area (TPSA) is 85.8 Å². The summed E-state index contributed by atoms with van der Waals surface area (Å²) in [6, 6.07) is 7.71. The standard InChI is InChI=1S/C23H29F3N4O4/c1-14(2)17-12-30(13-18(17)21(31)32-3)20-11-19(28-22(29-20)33-4)27-10-9-15-5-7-16(8-6-15)34-23(24,25)26/h5-8,11,14,17-18H,9-10,12-13H2,1-4H3,(H,27,28,29). The van der Waals surface area contributed by atoms with Crippen LogP contribution in [0.5, 0.6) is 11.8 Å². The molecule has 34 heavy (non-hydrogen) atoms. The van der Waals surface area contributed by atoms with Crippen molar-refractivity contribution in [2.75, 3.05) is 44.1 Å². The van der Waals surface area contributed by atoms with E-state index < -0.39 is 6.36 Å². The van der Waals surface area contributed by atoms with Crippen molar-refractivity contribution in [3.05, 3.63) is 35.9 Å². The second-order valence-corrected chi connectivity index (χ2v) is 8.41. The number of aromatic nitrogens is 2. The van der Waals surface area contributed by atoms with Crippen molar-refractivity contribution in [1.29, 1.82) is 0 Å². The summed E-state index contributed by atoms with van der Waals surface area (Å²) in [4.78, 5) is 23.1. The molecule has 1 aliphatic rings. The van der Waals surface area contributed by atoms with Crippen LogP contribution >= 0.6 is 0 Å². The maximum atomic E-state index is 12.3. The number of ether oxygens (including phenoxy) is 3. The number of methoxy groups -OCH3 is 2. The molecule has 1 saturated heterocycles. The van der Waals surface area contributed by atoms with Crippen LogP contribution in [0.2, 0.25) is 0 Å². The minimum Gasteiger partial charge on any atom is -0.469 e. The maximum absolute atomic E-state index is 12.3. The van der Waals surface area contributed by atoms with E-state index in [9.17, 15) is 18.0 Å². The van der Waals surface area contributed by atoms with Gasteiger partial charge in [0.2, 0.25) is 0 Å². The van der Waals surface area contributed by atoms with Crippen LogP contribution in [-0.4, -0.2) is 56.2 Å². The van der Waals surface area contributed by atoms with Gasteiger partial charge in [0.1, 0.15) is 17.4 Å². The SMILES string of the molecule is COC(=O)C1CN(c2cc(NCCc3ccc(OC(F)(F)F)cc3)nc(OC)n2)CC1C(C)C.